The van der Waals surface area contributed by atoms with Gasteiger partial charge in [-0.3, -0.25) is 4.79 Å². The molecule has 1 aliphatic heterocycles. The van der Waals surface area contributed by atoms with Crippen LogP contribution in [0.3, 0.4) is 0 Å². The smallest absolute Gasteiger partial charge is 0.238 e. The quantitative estimate of drug-likeness (QED) is 0.181. The van der Waals surface area contributed by atoms with Gasteiger partial charge in [-0.2, -0.15) is 0 Å². The normalized spacial score (nSPS) is 11.5. The van der Waals surface area contributed by atoms with Crippen molar-refractivity contribution in [3.05, 3.63) is 150 Å². The highest BCUT2D eigenvalue weighted by molar-refractivity contribution is 5.90. The molecule has 0 bridgehead atoms. The van der Waals surface area contributed by atoms with Crippen LogP contribution in [0.5, 0.6) is 0 Å². The van der Waals surface area contributed by atoms with E-state index in [-0.39, 0.29) is 5.43 Å². The van der Waals surface area contributed by atoms with Crippen LogP contribution in [-0.2, 0) is 0 Å². The first kappa shape index (κ1) is 23.2. The Morgan fingerprint density at radius 1 is 0.537 bits per heavy atom. The maximum absolute atomic E-state index is 12.3. The number of hydrogen-bond donors (Lipinski definition) is 0. The Morgan fingerprint density at radius 3 is 2.10 bits per heavy atom. The van der Waals surface area contributed by atoms with Crippen LogP contribution in [0.15, 0.2) is 144 Å². The van der Waals surface area contributed by atoms with Gasteiger partial charge in [0.1, 0.15) is 11.0 Å². The van der Waals surface area contributed by atoms with Gasteiger partial charge in [-0.15, -0.1) is 4.57 Å². The summed E-state index contributed by atoms with van der Waals surface area (Å²) in [5, 5.41) is 0. The van der Waals surface area contributed by atoms with E-state index < -0.39 is 0 Å². The van der Waals surface area contributed by atoms with E-state index in [1.54, 1.807) is 18.2 Å². The lowest BCUT2D eigenvalue weighted by Gasteiger charge is -2.19. The molecule has 0 saturated carbocycles. The fraction of sp³-hybridized carbons (Fsp3) is 0. The topological polar surface area (TPSA) is 51.7 Å². The predicted molar refractivity (Wildman–Crippen MR) is 164 cm³/mol. The molecule has 6 aromatic rings. The third-order valence-corrected chi connectivity index (χ3v) is 7.59. The van der Waals surface area contributed by atoms with Gasteiger partial charge in [0.05, 0.1) is 22.4 Å². The lowest BCUT2D eigenvalue weighted by molar-refractivity contribution is -0.538. The van der Waals surface area contributed by atoms with Gasteiger partial charge in [-0.05, 0) is 59.7 Å². The van der Waals surface area contributed by atoms with E-state index in [4.69, 9.17) is 9.97 Å². The minimum Gasteiger partial charge on any atom is -0.306 e. The molecule has 5 nitrogen and oxygen atoms in total. The van der Waals surface area contributed by atoms with Crippen molar-refractivity contribution in [1.29, 1.82) is 0 Å². The Bertz CT molecular complexity index is 2270. The van der Waals surface area contributed by atoms with Crippen LogP contribution in [0, 0.1) is 0 Å². The Morgan fingerprint density at radius 2 is 1.24 bits per heavy atom. The van der Waals surface area contributed by atoms with Gasteiger partial charge >= 0.3 is 0 Å². The number of benzene rings is 6. The zero-order valence-corrected chi connectivity index (χ0v) is 22.0. The van der Waals surface area contributed by atoms with Crippen LogP contribution >= 0.6 is 0 Å². The summed E-state index contributed by atoms with van der Waals surface area (Å²) in [5.74, 6) is 0. The zero-order chi connectivity index (χ0) is 27.3. The average Bonchev–Trinajstić information content (AvgIpc) is 3.03. The second kappa shape index (κ2) is 9.21. The molecule has 1 aromatic heterocycles. The van der Waals surface area contributed by atoms with E-state index in [0.717, 1.165) is 67.0 Å². The molecule has 0 N–H and O–H groups in total. The Hall–Kier alpha value is -5.68. The maximum Gasteiger partial charge on any atom is 0.238 e. The molecule has 2 aliphatic rings. The van der Waals surface area contributed by atoms with Crippen molar-refractivity contribution in [2.45, 2.75) is 0 Å². The lowest BCUT2D eigenvalue weighted by Crippen LogP contribution is -2.33. The molecule has 0 fully saturated rings. The minimum absolute atomic E-state index is 0.0380. The van der Waals surface area contributed by atoms with Gasteiger partial charge < -0.3 is 4.57 Å². The molecule has 2 heterocycles. The first-order valence-corrected chi connectivity index (χ1v) is 13.6. The summed E-state index contributed by atoms with van der Waals surface area (Å²) in [4.78, 5) is 22.3. The molecule has 1 aliphatic carbocycles. The second-order valence-corrected chi connectivity index (χ2v) is 10.1. The van der Waals surface area contributed by atoms with Crippen LogP contribution in [0.1, 0.15) is 0 Å². The average molecular weight is 528 g/mol. The van der Waals surface area contributed by atoms with Crippen molar-refractivity contribution in [3.8, 4) is 33.9 Å². The molecule has 192 valence electrons. The van der Waals surface area contributed by atoms with Gasteiger partial charge in [0, 0.05) is 36.0 Å². The number of aromatic nitrogens is 4. The molecule has 5 heteroatoms. The van der Waals surface area contributed by atoms with Crippen LogP contribution in [0.2, 0.25) is 0 Å². The van der Waals surface area contributed by atoms with Crippen LogP contribution in [0.25, 0.3) is 67.0 Å². The largest absolute Gasteiger partial charge is 0.306 e. The molecular weight excluding hydrogens is 504 g/mol. The summed E-state index contributed by atoms with van der Waals surface area (Å²) in [6.07, 6.45) is 0. The Labute approximate surface area is 235 Å². The predicted octanol–water partition coefficient (Wildman–Crippen LogP) is 7.14. The molecule has 0 unspecified atom stereocenters. The van der Waals surface area contributed by atoms with Gasteiger partial charge in [0.2, 0.25) is 16.7 Å². The highest BCUT2D eigenvalue weighted by atomic mass is 16.1. The second-order valence-electron chi connectivity index (χ2n) is 10.1. The lowest BCUT2D eigenvalue weighted by atomic mass is 10.0. The van der Waals surface area contributed by atoms with E-state index in [2.05, 4.69) is 88.0 Å². The molecule has 0 saturated heterocycles. The van der Waals surface area contributed by atoms with Crippen molar-refractivity contribution < 1.29 is 4.57 Å². The first-order valence-electron chi connectivity index (χ1n) is 13.6. The SMILES string of the molecule is O=c1ccc2nc3cc(-c4ccc5nc6ccccc6[n+](-c6ccccc6)c5c4)ccc3n(-c3ccccc3)c-2c1. The van der Waals surface area contributed by atoms with Gasteiger partial charge in [-0.1, -0.05) is 60.7 Å². The van der Waals surface area contributed by atoms with Crippen LogP contribution in [-0.4, -0.2) is 14.5 Å². The maximum atomic E-state index is 12.3. The fourth-order valence-electron chi connectivity index (χ4n) is 5.71. The summed E-state index contributed by atoms with van der Waals surface area (Å²) in [6, 6.07) is 46.5. The number of hydrogen-bond acceptors (Lipinski definition) is 3. The first-order chi connectivity index (χ1) is 20.2. The highest BCUT2D eigenvalue weighted by Gasteiger charge is 2.20. The summed E-state index contributed by atoms with van der Waals surface area (Å²) in [6.45, 7) is 0. The number of rotatable bonds is 3. The standard InChI is InChI=1S/C36H23N4O/c41-28-17-19-31-36(23-28)40(27-11-5-2-6-12-27)34-20-16-24(21-32(34)38-31)25-15-18-30-35(22-25)39(26-9-3-1-4-10-26)33-14-8-7-13-29(33)37-30/h1-23H/q+1. The van der Waals surface area contributed by atoms with E-state index in [9.17, 15) is 4.79 Å². The molecule has 8 rings (SSSR count). The molecule has 41 heavy (non-hydrogen) atoms. The van der Waals surface area contributed by atoms with Crippen molar-refractivity contribution in [2.24, 2.45) is 0 Å². The minimum atomic E-state index is -0.0380. The highest BCUT2D eigenvalue weighted by Crippen LogP contribution is 2.32. The van der Waals surface area contributed by atoms with Crippen molar-refractivity contribution >= 4 is 33.1 Å². The number of fused-ring (bicyclic) bond motifs is 4. The Balaban J connectivity index is 1.38. The van der Waals surface area contributed by atoms with E-state index in [1.165, 1.54) is 0 Å². The van der Waals surface area contributed by atoms with Gasteiger partial charge in [0.15, 0.2) is 5.43 Å². The number of nitrogens with zero attached hydrogens (tertiary/aromatic N) is 4. The van der Waals surface area contributed by atoms with Crippen molar-refractivity contribution in [1.82, 2.24) is 14.5 Å². The fourth-order valence-corrected chi connectivity index (χ4v) is 5.71. The third kappa shape index (κ3) is 3.86. The molecule has 5 aromatic carbocycles. The van der Waals surface area contributed by atoms with E-state index in [0.29, 0.717) is 0 Å². The summed E-state index contributed by atoms with van der Waals surface area (Å²) in [7, 11) is 0. The summed E-state index contributed by atoms with van der Waals surface area (Å²) in [5.41, 5.74) is 11.5. The van der Waals surface area contributed by atoms with E-state index >= 15 is 0 Å². The molecule has 0 atom stereocenters. The molecule has 0 amide bonds. The summed E-state index contributed by atoms with van der Waals surface area (Å²) >= 11 is 0. The molecule has 0 spiro atoms. The molecule has 0 radical (unpaired) electrons. The Kier molecular flexibility index (Phi) is 5.22. The van der Waals surface area contributed by atoms with Gasteiger partial charge in [0.25, 0.3) is 0 Å². The zero-order valence-electron chi connectivity index (χ0n) is 22.0. The van der Waals surface area contributed by atoms with Crippen molar-refractivity contribution in [3.63, 3.8) is 0 Å². The third-order valence-electron chi connectivity index (χ3n) is 7.59. The monoisotopic (exact) mass is 527 g/mol. The van der Waals surface area contributed by atoms with Gasteiger partial charge in [-0.25, -0.2) is 9.97 Å². The number of para-hydroxylation sites is 4. The molecular formula is C36H23N4O+. The summed E-state index contributed by atoms with van der Waals surface area (Å²) < 4.78 is 4.39. The van der Waals surface area contributed by atoms with E-state index in [1.807, 2.05) is 42.5 Å². The van der Waals surface area contributed by atoms with Crippen molar-refractivity contribution in [2.75, 3.05) is 0 Å². The van der Waals surface area contributed by atoms with Crippen LogP contribution < -0.4 is 10.00 Å². The van der Waals surface area contributed by atoms with Crippen LogP contribution in [0.4, 0.5) is 0 Å².